The van der Waals surface area contributed by atoms with Crippen LogP contribution in [0.5, 0.6) is 5.75 Å². The smallest absolute Gasteiger partial charge is 0.258 e. The normalized spacial score (nSPS) is 28.2. The minimum atomic E-state index is -0.651. The molecule has 0 spiro atoms. The van der Waals surface area contributed by atoms with E-state index < -0.39 is 6.04 Å². The molecule has 2 bridgehead atoms. The molecule has 2 amide bonds. The lowest BCUT2D eigenvalue weighted by atomic mass is 9.99. The molecule has 8 heteroatoms. The lowest BCUT2D eigenvalue weighted by molar-refractivity contribution is -0.146. The zero-order chi connectivity index (χ0) is 21.8. The Morgan fingerprint density at radius 1 is 1.20 bits per heavy atom. The second-order valence-corrected chi connectivity index (χ2v) is 7.89. The first kappa shape index (κ1) is 22.1. The summed E-state index contributed by atoms with van der Waals surface area (Å²) in [4.78, 5) is 29.1. The fourth-order valence-corrected chi connectivity index (χ4v) is 3.98. The monoisotopic (exact) mass is 415 g/mol. The molecular weight excluding hydrogens is 386 g/mol. The number of carbonyl (C=O) groups is 2. The van der Waals surface area contributed by atoms with E-state index in [1.807, 2.05) is 0 Å². The summed E-state index contributed by atoms with van der Waals surface area (Å²) in [6.07, 6.45) is 1.87. The molecule has 3 rings (SSSR count). The first-order valence-electron chi connectivity index (χ1n) is 10.2. The fraction of sp³-hybridized carbons (Fsp3) is 0.591. The number of hydrogen-bond acceptors (Lipinski definition) is 6. The largest absolute Gasteiger partial charge is 0.489 e. The van der Waals surface area contributed by atoms with Gasteiger partial charge in [0.15, 0.2) is 0 Å². The van der Waals surface area contributed by atoms with Gasteiger partial charge < -0.3 is 24.0 Å². The molecule has 2 aliphatic heterocycles. The van der Waals surface area contributed by atoms with Crippen molar-refractivity contribution in [1.29, 1.82) is 5.26 Å². The number of carbonyl (C=O) groups excluding carboxylic acids is 2. The number of nitrogens with zero attached hydrogens (tertiary/aromatic N) is 3. The van der Waals surface area contributed by atoms with Crippen molar-refractivity contribution >= 4 is 11.8 Å². The summed E-state index contributed by atoms with van der Waals surface area (Å²) in [5.74, 6) is -0.314. The van der Waals surface area contributed by atoms with Gasteiger partial charge in [-0.1, -0.05) is 6.07 Å². The molecule has 1 aromatic rings. The molecule has 0 saturated carbocycles. The zero-order valence-electron chi connectivity index (χ0n) is 18.0. The molecule has 162 valence electrons. The molecule has 0 aliphatic carbocycles. The van der Waals surface area contributed by atoms with Gasteiger partial charge in [0.2, 0.25) is 5.91 Å². The molecule has 2 aliphatic rings. The number of amides is 2. The van der Waals surface area contributed by atoms with Crippen LogP contribution >= 0.6 is 0 Å². The van der Waals surface area contributed by atoms with Crippen LogP contribution in [0.3, 0.4) is 0 Å². The van der Waals surface area contributed by atoms with E-state index in [0.717, 1.165) is 12.8 Å². The summed E-state index contributed by atoms with van der Waals surface area (Å²) in [6, 6.07) is 6.30. The summed E-state index contributed by atoms with van der Waals surface area (Å²) in [7, 11) is 4.97. The highest BCUT2D eigenvalue weighted by Gasteiger charge is 2.34. The zero-order valence-corrected chi connectivity index (χ0v) is 18.0. The standard InChI is InChI=1S/C22H29N3O5/c1-14-21(26)24(2)11-10-16-8-9-18(28-4)19(30-16)13-29-20-15(12-23)6-5-7-17(20)22(27)25(14)3/h5-7,14,16,18-19H,8-11,13H2,1-4H3/t14-,16+,18+,19-/m1/s1. The van der Waals surface area contributed by atoms with Crippen LogP contribution in [0.25, 0.3) is 0 Å². The van der Waals surface area contributed by atoms with Gasteiger partial charge in [-0.15, -0.1) is 0 Å². The van der Waals surface area contributed by atoms with Gasteiger partial charge in [0, 0.05) is 27.7 Å². The van der Waals surface area contributed by atoms with Crippen molar-refractivity contribution in [2.45, 2.75) is 50.5 Å². The number of likely N-dealkylation sites (N-methyl/N-ethyl adjacent to an activating group) is 2. The second kappa shape index (κ2) is 9.45. The van der Waals surface area contributed by atoms with E-state index in [1.165, 1.54) is 4.90 Å². The molecular formula is C22H29N3O5. The SMILES string of the molecule is CO[C@H]1CC[C@H]2CCN(C)C(=O)[C@@H](C)N(C)C(=O)c3cccc(C#N)c3OC[C@H]1O2. The highest BCUT2D eigenvalue weighted by molar-refractivity contribution is 6.00. The molecule has 30 heavy (non-hydrogen) atoms. The average molecular weight is 415 g/mol. The highest BCUT2D eigenvalue weighted by Crippen LogP contribution is 2.29. The van der Waals surface area contributed by atoms with Crippen LogP contribution in [-0.2, 0) is 14.3 Å². The molecule has 8 nitrogen and oxygen atoms in total. The van der Waals surface area contributed by atoms with E-state index in [9.17, 15) is 14.9 Å². The van der Waals surface area contributed by atoms with E-state index in [1.54, 1.807) is 51.2 Å². The third-order valence-corrected chi connectivity index (χ3v) is 6.04. The van der Waals surface area contributed by atoms with Crippen molar-refractivity contribution in [3.8, 4) is 11.8 Å². The van der Waals surface area contributed by atoms with Crippen LogP contribution in [0, 0.1) is 11.3 Å². The Morgan fingerprint density at radius 2 is 1.97 bits per heavy atom. The maximum atomic E-state index is 13.2. The quantitative estimate of drug-likeness (QED) is 0.695. The van der Waals surface area contributed by atoms with Gasteiger partial charge in [0.25, 0.3) is 5.91 Å². The van der Waals surface area contributed by atoms with Crippen molar-refractivity contribution in [2.75, 3.05) is 34.4 Å². The summed E-state index contributed by atoms with van der Waals surface area (Å²) < 4.78 is 17.8. The Morgan fingerprint density at radius 3 is 2.67 bits per heavy atom. The first-order valence-corrected chi connectivity index (χ1v) is 10.2. The molecule has 4 atom stereocenters. The first-order chi connectivity index (χ1) is 14.4. The van der Waals surface area contributed by atoms with Gasteiger partial charge in [-0.05, 0) is 38.3 Å². The van der Waals surface area contributed by atoms with Crippen molar-refractivity contribution in [2.24, 2.45) is 0 Å². The molecule has 1 fully saturated rings. The van der Waals surface area contributed by atoms with Crippen molar-refractivity contribution < 1.29 is 23.8 Å². The summed E-state index contributed by atoms with van der Waals surface area (Å²) in [6.45, 7) is 2.41. The molecule has 0 radical (unpaired) electrons. The maximum Gasteiger partial charge on any atom is 0.258 e. The lowest BCUT2D eigenvalue weighted by Crippen LogP contribution is -2.48. The molecule has 0 aromatic heterocycles. The minimum absolute atomic E-state index is 0.0106. The summed E-state index contributed by atoms with van der Waals surface area (Å²) >= 11 is 0. The second-order valence-electron chi connectivity index (χ2n) is 7.89. The van der Waals surface area contributed by atoms with Gasteiger partial charge in [-0.3, -0.25) is 9.59 Å². The van der Waals surface area contributed by atoms with Crippen LogP contribution < -0.4 is 4.74 Å². The van der Waals surface area contributed by atoms with E-state index in [0.29, 0.717) is 13.0 Å². The van der Waals surface area contributed by atoms with Gasteiger partial charge in [0.05, 0.1) is 23.3 Å². The fourth-order valence-electron chi connectivity index (χ4n) is 3.98. The van der Waals surface area contributed by atoms with Gasteiger partial charge in [-0.25, -0.2) is 0 Å². The van der Waals surface area contributed by atoms with E-state index >= 15 is 0 Å². The van der Waals surface area contributed by atoms with Crippen molar-refractivity contribution in [1.82, 2.24) is 9.80 Å². The molecule has 0 N–H and O–H groups in total. The summed E-state index contributed by atoms with van der Waals surface area (Å²) in [5.41, 5.74) is 0.510. The van der Waals surface area contributed by atoms with Crippen molar-refractivity contribution in [3.05, 3.63) is 29.3 Å². The number of benzene rings is 1. The molecule has 1 aromatic carbocycles. The van der Waals surface area contributed by atoms with Crippen LogP contribution in [0.15, 0.2) is 18.2 Å². The number of rotatable bonds is 1. The number of hydrogen-bond donors (Lipinski definition) is 0. The maximum absolute atomic E-state index is 13.2. The Hall–Kier alpha value is -2.63. The summed E-state index contributed by atoms with van der Waals surface area (Å²) in [5, 5.41) is 9.55. The number of ether oxygens (including phenoxy) is 3. The van der Waals surface area contributed by atoms with E-state index in [2.05, 4.69) is 6.07 Å². The Bertz CT molecular complexity index is 837. The Balaban J connectivity index is 2.00. The third-order valence-electron chi connectivity index (χ3n) is 6.04. The number of methoxy groups -OCH3 is 1. The molecule has 2 heterocycles. The van der Waals surface area contributed by atoms with Gasteiger partial charge >= 0.3 is 0 Å². The predicted molar refractivity (Wildman–Crippen MR) is 109 cm³/mol. The van der Waals surface area contributed by atoms with Gasteiger partial charge in [0.1, 0.15) is 30.6 Å². The van der Waals surface area contributed by atoms with Gasteiger partial charge in [-0.2, -0.15) is 5.26 Å². The molecule has 0 unspecified atom stereocenters. The van der Waals surface area contributed by atoms with E-state index in [-0.39, 0.29) is 53.6 Å². The Labute approximate surface area is 177 Å². The highest BCUT2D eigenvalue weighted by atomic mass is 16.6. The lowest BCUT2D eigenvalue weighted by Gasteiger charge is -2.37. The number of para-hydroxylation sites is 1. The van der Waals surface area contributed by atoms with Crippen LogP contribution in [0.2, 0.25) is 0 Å². The van der Waals surface area contributed by atoms with Crippen molar-refractivity contribution in [3.63, 3.8) is 0 Å². The topological polar surface area (TPSA) is 92.1 Å². The minimum Gasteiger partial charge on any atom is -0.489 e. The average Bonchev–Trinajstić information content (AvgIpc) is 2.78. The Kier molecular flexibility index (Phi) is 6.95. The van der Waals surface area contributed by atoms with Crippen LogP contribution in [0.4, 0.5) is 0 Å². The van der Waals surface area contributed by atoms with E-state index in [4.69, 9.17) is 14.2 Å². The third kappa shape index (κ3) is 4.42. The van der Waals surface area contributed by atoms with Crippen LogP contribution in [-0.4, -0.2) is 80.3 Å². The van der Waals surface area contributed by atoms with Crippen LogP contribution in [0.1, 0.15) is 42.1 Å². The number of nitriles is 1. The predicted octanol–water partition coefficient (Wildman–Crippen LogP) is 1.82. The molecule has 1 saturated heterocycles. The number of fused-ring (bicyclic) bond motifs is 3.